The largest absolute Gasteiger partial charge is 0.422 e. The Morgan fingerprint density at radius 2 is 1.41 bits per heavy atom. The molecule has 3 rings (SSSR count). The average molecular weight is 288 g/mol. The third-order valence-corrected chi connectivity index (χ3v) is 3.46. The lowest BCUT2D eigenvalue weighted by molar-refractivity contribution is 0.0735. The molecular weight excluding hydrogens is 272 g/mol. The normalized spacial score (nSPS) is 10.2. The molecular formula is C20H16O2. The van der Waals surface area contributed by atoms with Crippen molar-refractivity contribution in [2.45, 2.75) is 6.92 Å². The molecule has 0 aromatic heterocycles. The number of hydrogen-bond donors (Lipinski definition) is 0. The van der Waals surface area contributed by atoms with Crippen LogP contribution in [0.25, 0.3) is 11.1 Å². The lowest BCUT2D eigenvalue weighted by atomic mass is 10.0. The Morgan fingerprint density at radius 3 is 2.14 bits per heavy atom. The summed E-state index contributed by atoms with van der Waals surface area (Å²) in [5.41, 5.74) is 3.59. The van der Waals surface area contributed by atoms with Gasteiger partial charge in [-0.1, -0.05) is 66.2 Å². The number of benzene rings is 3. The molecule has 22 heavy (non-hydrogen) atoms. The molecule has 3 aromatic rings. The first-order chi connectivity index (χ1) is 10.7. The minimum absolute atomic E-state index is 0.344. The van der Waals surface area contributed by atoms with Crippen molar-refractivity contribution < 1.29 is 9.53 Å². The van der Waals surface area contributed by atoms with Crippen LogP contribution >= 0.6 is 0 Å². The van der Waals surface area contributed by atoms with E-state index in [0.717, 1.165) is 16.7 Å². The maximum absolute atomic E-state index is 12.3. The van der Waals surface area contributed by atoms with E-state index in [4.69, 9.17) is 4.74 Å². The molecule has 0 N–H and O–H groups in total. The van der Waals surface area contributed by atoms with Gasteiger partial charge in [0.15, 0.2) is 0 Å². The third-order valence-electron chi connectivity index (χ3n) is 3.46. The molecule has 3 aromatic carbocycles. The van der Waals surface area contributed by atoms with E-state index < -0.39 is 0 Å². The fraction of sp³-hybridized carbons (Fsp3) is 0.0500. The van der Waals surface area contributed by atoms with Crippen molar-refractivity contribution in [2.75, 3.05) is 0 Å². The first-order valence-electron chi connectivity index (χ1n) is 7.17. The van der Waals surface area contributed by atoms with Crippen molar-refractivity contribution in [1.29, 1.82) is 0 Å². The first-order valence-corrected chi connectivity index (χ1v) is 7.17. The molecule has 0 saturated carbocycles. The van der Waals surface area contributed by atoms with Gasteiger partial charge in [0.2, 0.25) is 0 Å². The van der Waals surface area contributed by atoms with E-state index in [0.29, 0.717) is 11.3 Å². The molecule has 0 atom stereocenters. The molecule has 0 fully saturated rings. The monoisotopic (exact) mass is 288 g/mol. The molecule has 0 amide bonds. The Balaban J connectivity index is 1.90. The van der Waals surface area contributed by atoms with Gasteiger partial charge < -0.3 is 4.74 Å². The molecule has 0 bridgehead atoms. The molecule has 0 saturated heterocycles. The smallest absolute Gasteiger partial charge is 0.343 e. The van der Waals surface area contributed by atoms with Gasteiger partial charge in [-0.25, -0.2) is 4.79 Å². The predicted octanol–water partition coefficient (Wildman–Crippen LogP) is 4.88. The molecule has 0 unspecified atom stereocenters. The van der Waals surface area contributed by atoms with Crippen LogP contribution in [-0.2, 0) is 0 Å². The quantitative estimate of drug-likeness (QED) is 0.507. The van der Waals surface area contributed by atoms with Gasteiger partial charge in [-0.2, -0.15) is 0 Å². The van der Waals surface area contributed by atoms with Crippen LogP contribution in [0.15, 0.2) is 78.9 Å². The topological polar surface area (TPSA) is 26.3 Å². The van der Waals surface area contributed by atoms with Crippen LogP contribution in [0, 0.1) is 6.92 Å². The number of rotatable bonds is 3. The molecule has 0 aliphatic carbocycles. The Bertz CT molecular complexity index is 774. The Labute approximate surface area is 130 Å². The zero-order chi connectivity index (χ0) is 15.4. The molecule has 0 heterocycles. The Hall–Kier alpha value is -2.87. The van der Waals surface area contributed by atoms with Gasteiger partial charge in [0.25, 0.3) is 0 Å². The molecule has 108 valence electrons. The number of carbonyl (C=O) groups excluding carboxylic acids is 1. The summed E-state index contributed by atoms with van der Waals surface area (Å²) in [5, 5.41) is 0. The summed E-state index contributed by atoms with van der Waals surface area (Å²) in [5.74, 6) is 0.225. The minimum atomic E-state index is -0.344. The summed E-state index contributed by atoms with van der Waals surface area (Å²) in [4.78, 5) is 12.3. The zero-order valence-corrected chi connectivity index (χ0v) is 12.3. The highest BCUT2D eigenvalue weighted by molar-refractivity contribution is 5.92. The second kappa shape index (κ2) is 6.27. The second-order valence-corrected chi connectivity index (χ2v) is 5.12. The van der Waals surface area contributed by atoms with Gasteiger partial charge in [0, 0.05) is 5.56 Å². The minimum Gasteiger partial charge on any atom is -0.422 e. The zero-order valence-electron chi connectivity index (χ0n) is 12.3. The van der Waals surface area contributed by atoms with E-state index in [9.17, 15) is 4.79 Å². The highest BCUT2D eigenvalue weighted by Gasteiger charge is 2.12. The molecule has 2 nitrogen and oxygen atoms in total. The summed E-state index contributed by atoms with van der Waals surface area (Å²) >= 11 is 0. The molecule has 0 aliphatic rings. The van der Waals surface area contributed by atoms with E-state index in [-0.39, 0.29) is 5.97 Å². The van der Waals surface area contributed by atoms with Gasteiger partial charge >= 0.3 is 5.97 Å². The Morgan fingerprint density at radius 1 is 0.773 bits per heavy atom. The molecule has 2 heteroatoms. The second-order valence-electron chi connectivity index (χ2n) is 5.12. The summed E-state index contributed by atoms with van der Waals surface area (Å²) in [6.07, 6.45) is 0. The maximum Gasteiger partial charge on any atom is 0.343 e. The summed E-state index contributed by atoms with van der Waals surface area (Å²) in [6, 6.07) is 24.8. The van der Waals surface area contributed by atoms with Crippen molar-refractivity contribution in [2.24, 2.45) is 0 Å². The van der Waals surface area contributed by atoms with Gasteiger partial charge in [0.1, 0.15) is 5.75 Å². The number of hydrogen-bond acceptors (Lipinski definition) is 2. The number of aryl methyl sites for hydroxylation is 1. The highest BCUT2D eigenvalue weighted by Crippen LogP contribution is 2.30. The summed E-state index contributed by atoms with van der Waals surface area (Å²) < 4.78 is 5.59. The standard InChI is InChI=1S/C20H16O2/c1-15-11-13-17(14-12-15)20(21)22-19-10-6-5-9-18(19)16-7-3-2-4-8-16/h2-14H,1H3. The van der Waals surface area contributed by atoms with Gasteiger partial charge in [-0.15, -0.1) is 0 Å². The van der Waals surface area contributed by atoms with Crippen LogP contribution in [0.2, 0.25) is 0 Å². The lowest BCUT2D eigenvalue weighted by Gasteiger charge is -2.10. The average Bonchev–Trinajstić information content (AvgIpc) is 2.57. The number of esters is 1. The SMILES string of the molecule is Cc1ccc(C(=O)Oc2ccccc2-c2ccccc2)cc1. The molecule has 0 aliphatic heterocycles. The number of ether oxygens (including phenoxy) is 1. The third kappa shape index (κ3) is 3.07. The fourth-order valence-electron chi connectivity index (χ4n) is 2.26. The van der Waals surface area contributed by atoms with Gasteiger partial charge in [-0.3, -0.25) is 0 Å². The van der Waals surface area contributed by atoms with Crippen LogP contribution in [0.3, 0.4) is 0 Å². The molecule has 0 radical (unpaired) electrons. The molecule has 0 spiro atoms. The van der Waals surface area contributed by atoms with Crippen LogP contribution in [0.1, 0.15) is 15.9 Å². The van der Waals surface area contributed by atoms with Gasteiger partial charge in [0.05, 0.1) is 5.56 Å². The maximum atomic E-state index is 12.3. The Kier molecular flexibility index (Phi) is 4.01. The van der Waals surface area contributed by atoms with Crippen LogP contribution in [0.4, 0.5) is 0 Å². The highest BCUT2D eigenvalue weighted by atomic mass is 16.5. The van der Waals surface area contributed by atoms with E-state index in [2.05, 4.69) is 0 Å². The number of carbonyl (C=O) groups is 1. The van der Waals surface area contributed by atoms with E-state index in [1.165, 1.54) is 0 Å². The van der Waals surface area contributed by atoms with Crippen molar-refractivity contribution in [3.05, 3.63) is 90.0 Å². The van der Waals surface area contributed by atoms with Gasteiger partial charge in [-0.05, 0) is 30.7 Å². The lowest BCUT2D eigenvalue weighted by Crippen LogP contribution is -2.09. The number of para-hydroxylation sites is 1. The summed E-state index contributed by atoms with van der Waals surface area (Å²) in [6.45, 7) is 1.99. The van der Waals surface area contributed by atoms with Crippen molar-refractivity contribution in [3.63, 3.8) is 0 Å². The van der Waals surface area contributed by atoms with Crippen molar-refractivity contribution in [1.82, 2.24) is 0 Å². The van der Waals surface area contributed by atoms with Crippen LogP contribution in [-0.4, -0.2) is 5.97 Å². The van der Waals surface area contributed by atoms with E-state index in [1.807, 2.05) is 73.7 Å². The first kappa shape index (κ1) is 14.1. The summed E-state index contributed by atoms with van der Waals surface area (Å²) in [7, 11) is 0. The van der Waals surface area contributed by atoms with Crippen molar-refractivity contribution in [3.8, 4) is 16.9 Å². The fourth-order valence-corrected chi connectivity index (χ4v) is 2.26. The predicted molar refractivity (Wildman–Crippen MR) is 88.0 cm³/mol. The van der Waals surface area contributed by atoms with Crippen LogP contribution < -0.4 is 4.74 Å². The van der Waals surface area contributed by atoms with Crippen LogP contribution in [0.5, 0.6) is 5.75 Å². The van der Waals surface area contributed by atoms with E-state index in [1.54, 1.807) is 12.1 Å². The van der Waals surface area contributed by atoms with Crippen molar-refractivity contribution >= 4 is 5.97 Å². The van der Waals surface area contributed by atoms with E-state index >= 15 is 0 Å².